The lowest BCUT2D eigenvalue weighted by Crippen LogP contribution is -2.05. The number of benzene rings is 2. The Labute approximate surface area is 122 Å². The molecule has 0 N–H and O–H groups in total. The predicted octanol–water partition coefficient (Wildman–Crippen LogP) is 4.97. The van der Waals surface area contributed by atoms with Crippen LogP contribution in [0.15, 0.2) is 65.3 Å². The molecule has 0 saturated carbocycles. The van der Waals surface area contributed by atoms with Crippen molar-refractivity contribution >= 4 is 17.8 Å². The van der Waals surface area contributed by atoms with Gasteiger partial charge >= 0.3 is 0 Å². The van der Waals surface area contributed by atoms with Crippen LogP contribution >= 0.6 is 11.6 Å². The molecule has 1 atom stereocenters. The molecular formula is C17H13ClFN. The van der Waals surface area contributed by atoms with Gasteiger partial charge in [-0.05, 0) is 11.6 Å². The molecule has 0 amide bonds. The molecule has 3 rings (SSSR count). The maximum atomic E-state index is 14.4. The molecule has 0 fully saturated rings. The Morgan fingerprint density at radius 1 is 1.05 bits per heavy atom. The van der Waals surface area contributed by atoms with Crippen molar-refractivity contribution in [2.24, 2.45) is 4.99 Å². The SMILES string of the molecule is Fc1c(Cl)cccc1C(C1=CCC=N1)c1ccccc1. The molecule has 0 radical (unpaired) electrons. The first kappa shape index (κ1) is 13.1. The van der Waals surface area contributed by atoms with E-state index in [0.717, 1.165) is 17.7 Å². The Hall–Kier alpha value is -1.93. The van der Waals surface area contributed by atoms with Crippen molar-refractivity contribution in [2.45, 2.75) is 12.3 Å². The quantitative estimate of drug-likeness (QED) is 0.755. The fraction of sp³-hybridized carbons (Fsp3) is 0.118. The molecule has 0 aromatic heterocycles. The van der Waals surface area contributed by atoms with Crippen LogP contribution in [0.3, 0.4) is 0 Å². The van der Waals surface area contributed by atoms with E-state index in [1.54, 1.807) is 18.2 Å². The number of nitrogens with zero attached hydrogens (tertiary/aromatic N) is 1. The van der Waals surface area contributed by atoms with Crippen LogP contribution in [-0.2, 0) is 0 Å². The average Bonchev–Trinajstić information content (AvgIpc) is 2.99. The first-order valence-electron chi connectivity index (χ1n) is 6.49. The van der Waals surface area contributed by atoms with Gasteiger partial charge in [-0.25, -0.2) is 4.39 Å². The predicted molar refractivity (Wildman–Crippen MR) is 80.9 cm³/mol. The van der Waals surface area contributed by atoms with Crippen LogP contribution in [0.4, 0.5) is 4.39 Å². The van der Waals surface area contributed by atoms with Gasteiger partial charge in [0.25, 0.3) is 0 Å². The van der Waals surface area contributed by atoms with E-state index in [1.807, 2.05) is 42.6 Å². The van der Waals surface area contributed by atoms with Crippen LogP contribution in [-0.4, -0.2) is 6.21 Å². The standard InChI is InChI=1S/C17H13ClFN/c18-14-9-4-8-13(17(14)19)16(15-10-5-11-20-15)12-6-2-1-3-7-12/h1-4,6-11,16H,5H2. The first-order valence-corrected chi connectivity index (χ1v) is 6.86. The van der Waals surface area contributed by atoms with Gasteiger partial charge in [0.1, 0.15) is 5.82 Å². The summed E-state index contributed by atoms with van der Waals surface area (Å²) in [7, 11) is 0. The van der Waals surface area contributed by atoms with Crippen LogP contribution in [0.2, 0.25) is 5.02 Å². The molecule has 1 unspecified atom stereocenters. The molecule has 0 spiro atoms. The maximum absolute atomic E-state index is 14.4. The van der Waals surface area contributed by atoms with Crippen LogP contribution in [0.5, 0.6) is 0 Å². The largest absolute Gasteiger partial charge is 0.265 e. The van der Waals surface area contributed by atoms with Gasteiger partial charge in [0.15, 0.2) is 0 Å². The van der Waals surface area contributed by atoms with E-state index >= 15 is 0 Å². The summed E-state index contributed by atoms with van der Waals surface area (Å²) in [6.45, 7) is 0. The van der Waals surface area contributed by atoms with Crippen molar-refractivity contribution in [1.82, 2.24) is 0 Å². The Balaban J connectivity index is 2.15. The highest BCUT2D eigenvalue weighted by molar-refractivity contribution is 6.30. The van der Waals surface area contributed by atoms with E-state index in [2.05, 4.69) is 4.99 Å². The minimum atomic E-state index is -0.369. The first-order chi connectivity index (χ1) is 9.77. The highest BCUT2D eigenvalue weighted by Gasteiger charge is 2.23. The second-order valence-corrected chi connectivity index (χ2v) is 5.07. The number of allylic oxidation sites excluding steroid dienone is 2. The molecule has 1 aliphatic heterocycles. The lowest BCUT2D eigenvalue weighted by Gasteiger charge is -2.19. The molecule has 0 saturated heterocycles. The van der Waals surface area contributed by atoms with E-state index in [1.165, 1.54) is 0 Å². The highest BCUT2D eigenvalue weighted by Crippen LogP contribution is 2.37. The number of aliphatic imine (C=N–C) groups is 1. The molecule has 1 nitrogen and oxygen atoms in total. The van der Waals surface area contributed by atoms with Crippen molar-refractivity contribution in [3.05, 3.63) is 82.3 Å². The van der Waals surface area contributed by atoms with Gasteiger partial charge in [-0.15, -0.1) is 0 Å². The molecule has 0 bridgehead atoms. The Morgan fingerprint density at radius 2 is 1.85 bits per heavy atom. The summed E-state index contributed by atoms with van der Waals surface area (Å²) < 4.78 is 14.4. The van der Waals surface area contributed by atoms with Crippen LogP contribution in [0.1, 0.15) is 23.5 Å². The van der Waals surface area contributed by atoms with Crippen molar-refractivity contribution in [2.75, 3.05) is 0 Å². The molecule has 3 heteroatoms. The normalized spacial score (nSPS) is 15.2. The topological polar surface area (TPSA) is 12.4 Å². The molecular weight excluding hydrogens is 273 g/mol. The third-order valence-electron chi connectivity index (χ3n) is 3.39. The summed E-state index contributed by atoms with van der Waals surface area (Å²) in [5, 5.41) is 0.144. The number of hydrogen-bond donors (Lipinski definition) is 0. The van der Waals surface area contributed by atoms with E-state index in [0.29, 0.717) is 5.56 Å². The number of halogens is 2. The molecule has 2 aromatic carbocycles. The van der Waals surface area contributed by atoms with Gasteiger partial charge in [-0.3, -0.25) is 4.99 Å². The van der Waals surface area contributed by atoms with E-state index in [9.17, 15) is 4.39 Å². The monoisotopic (exact) mass is 285 g/mol. The molecule has 1 heterocycles. The van der Waals surface area contributed by atoms with Crippen molar-refractivity contribution in [3.8, 4) is 0 Å². The number of hydrogen-bond acceptors (Lipinski definition) is 1. The Bertz CT molecular complexity index is 677. The second-order valence-electron chi connectivity index (χ2n) is 4.66. The zero-order valence-electron chi connectivity index (χ0n) is 10.8. The van der Waals surface area contributed by atoms with Gasteiger partial charge < -0.3 is 0 Å². The Kier molecular flexibility index (Phi) is 3.66. The fourth-order valence-electron chi connectivity index (χ4n) is 2.48. The summed E-state index contributed by atoms with van der Waals surface area (Å²) in [6.07, 6.45) is 4.66. The zero-order chi connectivity index (χ0) is 13.9. The highest BCUT2D eigenvalue weighted by atomic mass is 35.5. The zero-order valence-corrected chi connectivity index (χ0v) is 11.5. The van der Waals surface area contributed by atoms with E-state index in [4.69, 9.17) is 11.6 Å². The van der Waals surface area contributed by atoms with E-state index < -0.39 is 0 Å². The molecule has 20 heavy (non-hydrogen) atoms. The molecule has 2 aromatic rings. The van der Waals surface area contributed by atoms with Gasteiger partial charge in [0.05, 0.1) is 10.9 Å². The summed E-state index contributed by atoms with van der Waals surface area (Å²) in [5.41, 5.74) is 2.45. The summed E-state index contributed by atoms with van der Waals surface area (Å²) in [6, 6.07) is 14.9. The van der Waals surface area contributed by atoms with Crippen molar-refractivity contribution in [3.63, 3.8) is 0 Å². The second kappa shape index (κ2) is 5.59. The summed E-state index contributed by atoms with van der Waals surface area (Å²) in [5.74, 6) is -0.584. The van der Waals surface area contributed by atoms with Gasteiger partial charge in [0.2, 0.25) is 0 Å². The van der Waals surface area contributed by atoms with Gasteiger partial charge in [-0.1, -0.05) is 60.1 Å². The summed E-state index contributed by atoms with van der Waals surface area (Å²) >= 11 is 5.92. The van der Waals surface area contributed by atoms with Gasteiger partial charge in [0, 0.05) is 23.9 Å². The number of rotatable bonds is 3. The third kappa shape index (κ3) is 2.39. The minimum absolute atomic E-state index is 0.144. The third-order valence-corrected chi connectivity index (χ3v) is 3.69. The maximum Gasteiger partial charge on any atom is 0.145 e. The summed E-state index contributed by atoms with van der Waals surface area (Å²) in [4.78, 5) is 4.39. The molecule has 100 valence electrons. The fourth-order valence-corrected chi connectivity index (χ4v) is 2.66. The smallest absolute Gasteiger partial charge is 0.145 e. The lowest BCUT2D eigenvalue weighted by molar-refractivity contribution is 0.605. The van der Waals surface area contributed by atoms with Gasteiger partial charge in [-0.2, -0.15) is 0 Å². The molecule has 1 aliphatic rings. The lowest BCUT2D eigenvalue weighted by atomic mass is 9.88. The average molecular weight is 286 g/mol. The Morgan fingerprint density at radius 3 is 2.55 bits per heavy atom. The van der Waals surface area contributed by atoms with Crippen LogP contribution in [0, 0.1) is 5.82 Å². The van der Waals surface area contributed by atoms with Crippen LogP contribution in [0.25, 0.3) is 0 Å². The molecule has 0 aliphatic carbocycles. The van der Waals surface area contributed by atoms with Crippen molar-refractivity contribution in [1.29, 1.82) is 0 Å². The van der Waals surface area contributed by atoms with Crippen molar-refractivity contribution < 1.29 is 4.39 Å². The van der Waals surface area contributed by atoms with E-state index in [-0.39, 0.29) is 16.8 Å². The van der Waals surface area contributed by atoms with Crippen LogP contribution < -0.4 is 0 Å². The minimum Gasteiger partial charge on any atom is -0.265 e.